The van der Waals surface area contributed by atoms with Gasteiger partial charge in [-0.25, -0.2) is 0 Å². The van der Waals surface area contributed by atoms with E-state index in [-0.39, 0.29) is 22.3 Å². The Balaban J connectivity index is 2.00. The first-order chi connectivity index (χ1) is 11.6. The smallest absolute Gasteiger partial charge is 0.167 e. The molecule has 0 spiro atoms. The molecule has 0 fully saturated rings. The van der Waals surface area contributed by atoms with Gasteiger partial charge in [0.25, 0.3) is 0 Å². The van der Waals surface area contributed by atoms with Gasteiger partial charge in [-0.2, -0.15) is 0 Å². The van der Waals surface area contributed by atoms with Crippen LogP contribution in [0.5, 0.6) is 0 Å². The van der Waals surface area contributed by atoms with Gasteiger partial charge in [0.15, 0.2) is 11.6 Å². The minimum atomic E-state index is -0.104. The summed E-state index contributed by atoms with van der Waals surface area (Å²) in [5.41, 5.74) is 1.48. The van der Waals surface area contributed by atoms with E-state index in [1.54, 1.807) is 0 Å². The van der Waals surface area contributed by atoms with E-state index in [1.807, 2.05) is 60.7 Å². The summed E-state index contributed by atoms with van der Waals surface area (Å²) in [6, 6.07) is 18.7. The fourth-order valence-electron chi connectivity index (χ4n) is 2.65. The maximum absolute atomic E-state index is 12.8. The molecular weight excluding hydrogens is 479 g/mol. The van der Waals surface area contributed by atoms with E-state index in [1.165, 1.54) is 0 Å². The largest absolute Gasteiger partial charge is 0.294 e. The van der Waals surface area contributed by atoms with E-state index in [0.717, 1.165) is 22.0 Å². The van der Waals surface area contributed by atoms with Crippen LogP contribution in [0.3, 0.4) is 0 Å². The molecule has 2 nitrogen and oxygen atoms in total. The summed E-state index contributed by atoms with van der Waals surface area (Å²) in [4.78, 5) is 25.0. The second-order valence-corrected chi connectivity index (χ2v) is 7.91. The number of hydrogen-bond acceptors (Lipinski definition) is 2. The topological polar surface area (TPSA) is 34.1 Å². The summed E-state index contributed by atoms with van der Waals surface area (Å²) in [6.45, 7) is 0. The summed E-state index contributed by atoms with van der Waals surface area (Å²) in [7, 11) is 0. The van der Waals surface area contributed by atoms with Crippen LogP contribution in [0.25, 0.3) is 0 Å². The molecule has 0 N–H and O–H groups in total. The number of carbonyl (C=O) groups is 2. The van der Waals surface area contributed by atoms with Crippen molar-refractivity contribution in [2.45, 2.75) is 24.1 Å². The second kappa shape index (κ2) is 10.1. The number of halogens is 2. The normalized spacial score (nSPS) is 13.2. The van der Waals surface area contributed by atoms with E-state index >= 15 is 0 Å². The van der Waals surface area contributed by atoms with Crippen molar-refractivity contribution in [3.8, 4) is 0 Å². The fraction of sp³-hybridized carbons (Fsp3) is 0.300. The van der Waals surface area contributed by atoms with Crippen LogP contribution in [0.2, 0.25) is 0 Å². The number of Topliss-reactive ketones (excluding diaryl/α,β-unsaturated/α-hetero) is 2. The third-order valence-electron chi connectivity index (χ3n) is 3.99. The molecule has 0 heterocycles. The SMILES string of the molecule is O=C(CCC(Br)C(CCI)C(=O)c1ccccc1)c1ccccc1. The molecule has 0 bridgehead atoms. The third-order valence-corrected chi connectivity index (χ3v) is 5.71. The molecule has 0 aromatic heterocycles. The van der Waals surface area contributed by atoms with Crippen molar-refractivity contribution in [1.29, 1.82) is 0 Å². The zero-order valence-corrected chi connectivity index (χ0v) is 17.1. The van der Waals surface area contributed by atoms with Crippen LogP contribution in [0.15, 0.2) is 60.7 Å². The molecule has 0 saturated heterocycles. The van der Waals surface area contributed by atoms with Gasteiger partial charge in [-0.15, -0.1) is 0 Å². The van der Waals surface area contributed by atoms with Gasteiger partial charge in [-0.3, -0.25) is 9.59 Å². The molecule has 0 amide bonds. The lowest BCUT2D eigenvalue weighted by atomic mass is 9.89. The van der Waals surface area contributed by atoms with Crippen LogP contribution in [0, 0.1) is 5.92 Å². The number of alkyl halides is 2. The Kier molecular flexibility index (Phi) is 8.12. The zero-order chi connectivity index (χ0) is 17.4. The number of benzene rings is 2. The van der Waals surface area contributed by atoms with Crippen molar-refractivity contribution in [2.24, 2.45) is 5.92 Å². The van der Waals surface area contributed by atoms with Crippen molar-refractivity contribution in [3.05, 3.63) is 71.8 Å². The molecule has 2 atom stereocenters. The highest BCUT2D eigenvalue weighted by molar-refractivity contribution is 14.1. The van der Waals surface area contributed by atoms with Gasteiger partial charge >= 0.3 is 0 Å². The molecule has 2 rings (SSSR count). The van der Waals surface area contributed by atoms with Crippen molar-refractivity contribution >= 4 is 50.1 Å². The lowest BCUT2D eigenvalue weighted by Gasteiger charge is -2.20. The summed E-state index contributed by atoms with van der Waals surface area (Å²) in [5.74, 6) is 0.176. The predicted octanol–water partition coefficient (Wildman–Crippen LogP) is 5.74. The monoisotopic (exact) mass is 498 g/mol. The highest BCUT2D eigenvalue weighted by atomic mass is 127. The Hall–Kier alpha value is -1.01. The van der Waals surface area contributed by atoms with Gasteiger partial charge in [0.1, 0.15) is 0 Å². The first-order valence-corrected chi connectivity index (χ1v) is 10.4. The number of carbonyl (C=O) groups excluding carboxylic acids is 2. The molecule has 4 heteroatoms. The zero-order valence-electron chi connectivity index (χ0n) is 13.3. The van der Waals surface area contributed by atoms with Gasteiger partial charge in [0.05, 0.1) is 0 Å². The summed E-state index contributed by atoms with van der Waals surface area (Å²) in [6.07, 6.45) is 1.91. The summed E-state index contributed by atoms with van der Waals surface area (Å²) < 4.78 is 0.912. The molecule has 2 unspecified atom stereocenters. The molecule has 0 aliphatic carbocycles. The minimum Gasteiger partial charge on any atom is -0.294 e. The molecular formula is C20H20BrIO2. The first-order valence-electron chi connectivity index (χ1n) is 8.01. The molecule has 2 aromatic rings. The highest BCUT2D eigenvalue weighted by Gasteiger charge is 2.27. The van der Waals surface area contributed by atoms with Crippen molar-refractivity contribution in [1.82, 2.24) is 0 Å². The van der Waals surface area contributed by atoms with E-state index in [4.69, 9.17) is 0 Å². The van der Waals surface area contributed by atoms with Crippen LogP contribution >= 0.6 is 38.5 Å². The maximum Gasteiger partial charge on any atom is 0.167 e. The van der Waals surface area contributed by atoms with Gasteiger partial charge in [0, 0.05) is 32.7 Å². The Labute approximate surface area is 165 Å². The average molecular weight is 499 g/mol. The Morgan fingerprint density at radius 3 is 1.96 bits per heavy atom. The number of ketones is 2. The van der Waals surface area contributed by atoms with Gasteiger partial charge in [0.2, 0.25) is 0 Å². The summed E-state index contributed by atoms with van der Waals surface area (Å²) >= 11 is 5.97. The number of rotatable bonds is 9. The lowest BCUT2D eigenvalue weighted by Crippen LogP contribution is -2.25. The highest BCUT2D eigenvalue weighted by Crippen LogP contribution is 2.27. The molecule has 2 aromatic carbocycles. The summed E-state index contributed by atoms with van der Waals surface area (Å²) in [5, 5.41) is 0. The molecule has 126 valence electrons. The van der Waals surface area contributed by atoms with Gasteiger partial charge < -0.3 is 0 Å². The van der Waals surface area contributed by atoms with E-state index < -0.39 is 0 Å². The average Bonchev–Trinajstić information content (AvgIpc) is 2.64. The van der Waals surface area contributed by atoms with Crippen LogP contribution in [-0.4, -0.2) is 20.8 Å². The van der Waals surface area contributed by atoms with Crippen LogP contribution < -0.4 is 0 Å². The van der Waals surface area contributed by atoms with Gasteiger partial charge in [-0.1, -0.05) is 99.2 Å². The molecule has 0 aliphatic rings. The van der Waals surface area contributed by atoms with Crippen LogP contribution in [-0.2, 0) is 0 Å². The third kappa shape index (κ3) is 5.52. The van der Waals surface area contributed by atoms with Crippen molar-refractivity contribution < 1.29 is 9.59 Å². The molecule has 24 heavy (non-hydrogen) atoms. The Morgan fingerprint density at radius 1 is 0.875 bits per heavy atom. The fourth-order valence-corrected chi connectivity index (χ4v) is 4.05. The standard InChI is InChI=1S/C20H20BrIO2/c21-18(11-12-19(23)15-7-3-1-4-8-15)17(13-14-22)20(24)16-9-5-2-6-10-16/h1-10,17-18H,11-14H2. The second-order valence-electron chi connectivity index (χ2n) is 5.66. The van der Waals surface area contributed by atoms with Crippen molar-refractivity contribution in [3.63, 3.8) is 0 Å². The van der Waals surface area contributed by atoms with E-state index in [0.29, 0.717) is 12.8 Å². The van der Waals surface area contributed by atoms with Crippen LogP contribution in [0.4, 0.5) is 0 Å². The maximum atomic E-state index is 12.8. The Morgan fingerprint density at radius 2 is 1.42 bits per heavy atom. The number of hydrogen-bond donors (Lipinski definition) is 0. The van der Waals surface area contributed by atoms with Crippen molar-refractivity contribution in [2.75, 3.05) is 4.43 Å². The molecule has 0 saturated carbocycles. The lowest BCUT2D eigenvalue weighted by molar-refractivity contribution is 0.0903. The molecule has 0 radical (unpaired) electrons. The van der Waals surface area contributed by atoms with E-state index in [2.05, 4.69) is 38.5 Å². The molecule has 0 aliphatic heterocycles. The van der Waals surface area contributed by atoms with Crippen LogP contribution in [0.1, 0.15) is 40.0 Å². The predicted molar refractivity (Wildman–Crippen MR) is 110 cm³/mol. The quantitative estimate of drug-likeness (QED) is 0.251. The van der Waals surface area contributed by atoms with E-state index in [9.17, 15) is 9.59 Å². The van der Waals surface area contributed by atoms with Gasteiger partial charge in [-0.05, 0) is 12.8 Å². The first kappa shape index (κ1) is 19.3. The minimum absolute atomic E-state index is 0.00707. The Bertz CT molecular complexity index is 658.